The zero-order valence-electron chi connectivity index (χ0n) is 19.4. The Labute approximate surface area is 197 Å². The number of hydrogen-bond acceptors (Lipinski definition) is 7. The number of hydrogen-bond donors (Lipinski definition) is 1. The molecular formula is C25H28N2O7. The van der Waals surface area contributed by atoms with Crippen LogP contribution in [0.25, 0.3) is 0 Å². The first-order chi connectivity index (χ1) is 16.4. The number of amides is 2. The number of carbonyl (C=O) groups excluding carboxylic acids is 3. The number of methoxy groups -OCH3 is 2. The average molecular weight is 469 g/mol. The Kier molecular flexibility index (Phi) is 7.02. The van der Waals surface area contributed by atoms with E-state index in [9.17, 15) is 14.4 Å². The van der Waals surface area contributed by atoms with Crippen molar-refractivity contribution in [2.24, 2.45) is 0 Å². The van der Waals surface area contributed by atoms with Gasteiger partial charge in [-0.3, -0.25) is 14.4 Å². The molecule has 4 rings (SSSR count). The van der Waals surface area contributed by atoms with Gasteiger partial charge in [0, 0.05) is 18.3 Å². The number of ether oxygens (including phenoxy) is 4. The van der Waals surface area contributed by atoms with Crippen LogP contribution < -0.4 is 14.8 Å². The second-order valence-electron chi connectivity index (χ2n) is 8.34. The molecular weight excluding hydrogens is 440 g/mol. The van der Waals surface area contributed by atoms with Crippen molar-refractivity contribution in [2.45, 2.75) is 37.5 Å². The molecule has 2 heterocycles. The summed E-state index contributed by atoms with van der Waals surface area (Å²) in [5, 5.41) is 2.83. The van der Waals surface area contributed by atoms with Crippen molar-refractivity contribution in [3.8, 4) is 11.5 Å². The number of likely N-dealkylation sites (N-methyl/N-ethyl adjacent to an activating group) is 1. The van der Waals surface area contributed by atoms with Gasteiger partial charge in [-0.15, -0.1) is 0 Å². The highest BCUT2D eigenvalue weighted by Crippen LogP contribution is 2.32. The molecule has 9 nitrogen and oxygen atoms in total. The maximum atomic E-state index is 13.3. The molecule has 0 aliphatic carbocycles. The predicted octanol–water partition coefficient (Wildman–Crippen LogP) is 2.89. The van der Waals surface area contributed by atoms with E-state index in [0.717, 1.165) is 0 Å². The minimum Gasteiger partial charge on any atom is -0.497 e. The van der Waals surface area contributed by atoms with Gasteiger partial charge in [0.1, 0.15) is 24.2 Å². The minimum absolute atomic E-state index is 0.172. The third-order valence-electron chi connectivity index (χ3n) is 6.24. The van der Waals surface area contributed by atoms with Gasteiger partial charge in [0.05, 0.1) is 38.3 Å². The van der Waals surface area contributed by atoms with Crippen molar-refractivity contribution in [3.63, 3.8) is 0 Å². The summed E-state index contributed by atoms with van der Waals surface area (Å²) in [6.45, 7) is 0.241. The largest absolute Gasteiger partial charge is 0.497 e. The van der Waals surface area contributed by atoms with E-state index in [1.807, 2.05) is 0 Å². The topological polar surface area (TPSA) is 103 Å². The van der Waals surface area contributed by atoms with Crippen LogP contribution in [0, 0.1) is 0 Å². The smallest absolute Gasteiger partial charge is 0.308 e. The van der Waals surface area contributed by atoms with Crippen LogP contribution in [0.1, 0.15) is 40.0 Å². The Morgan fingerprint density at radius 2 is 1.88 bits per heavy atom. The molecule has 2 amide bonds. The normalized spacial score (nSPS) is 21.8. The summed E-state index contributed by atoms with van der Waals surface area (Å²) >= 11 is 0. The molecule has 1 fully saturated rings. The highest BCUT2D eigenvalue weighted by molar-refractivity contribution is 6.05. The Balaban J connectivity index is 1.50. The Morgan fingerprint density at radius 1 is 1.12 bits per heavy atom. The van der Waals surface area contributed by atoms with Gasteiger partial charge in [-0.25, -0.2) is 0 Å². The summed E-state index contributed by atoms with van der Waals surface area (Å²) in [5.41, 5.74) is 1.32. The van der Waals surface area contributed by atoms with Crippen LogP contribution in [0.3, 0.4) is 0 Å². The third kappa shape index (κ3) is 4.99. The SMILES string of the molecule is COC(=O)C[C@@H]1CC[C@H]2[C@@H](COc3ccc(NC(=O)c4ccc(OC)cc4)cc3C(=O)N2C)O1. The molecule has 0 bridgehead atoms. The molecule has 2 aromatic carbocycles. The lowest BCUT2D eigenvalue weighted by Crippen LogP contribution is -2.53. The fourth-order valence-corrected chi connectivity index (χ4v) is 4.32. The van der Waals surface area contributed by atoms with Crippen molar-refractivity contribution < 1.29 is 33.3 Å². The average Bonchev–Trinajstić information content (AvgIpc) is 2.86. The maximum absolute atomic E-state index is 13.3. The van der Waals surface area contributed by atoms with Crippen LogP contribution in [0.5, 0.6) is 11.5 Å². The van der Waals surface area contributed by atoms with Crippen molar-refractivity contribution in [2.75, 3.05) is 33.2 Å². The summed E-state index contributed by atoms with van der Waals surface area (Å²) in [4.78, 5) is 39.3. The van der Waals surface area contributed by atoms with Gasteiger partial charge in [-0.1, -0.05) is 0 Å². The van der Waals surface area contributed by atoms with E-state index < -0.39 is 0 Å². The lowest BCUT2D eigenvalue weighted by Gasteiger charge is -2.42. The minimum atomic E-state index is -0.361. The van der Waals surface area contributed by atoms with Gasteiger partial charge in [0.15, 0.2) is 0 Å². The van der Waals surface area contributed by atoms with E-state index in [-0.39, 0.29) is 49.1 Å². The van der Waals surface area contributed by atoms with Gasteiger partial charge < -0.3 is 29.2 Å². The van der Waals surface area contributed by atoms with Crippen LogP contribution in [-0.2, 0) is 14.3 Å². The Morgan fingerprint density at radius 3 is 2.59 bits per heavy atom. The van der Waals surface area contributed by atoms with Crippen LogP contribution in [0.2, 0.25) is 0 Å². The zero-order chi connectivity index (χ0) is 24.2. The molecule has 0 unspecified atom stereocenters. The first-order valence-electron chi connectivity index (χ1n) is 11.1. The molecule has 180 valence electrons. The van der Waals surface area contributed by atoms with Crippen molar-refractivity contribution >= 4 is 23.5 Å². The molecule has 0 saturated carbocycles. The summed E-state index contributed by atoms with van der Waals surface area (Å²) in [6, 6.07) is 11.5. The number of carbonyl (C=O) groups is 3. The predicted molar refractivity (Wildman–Crippen MR) is 123 cm³/mol. The number of anilines is 1. The first kappa shape index (κ1) is 23.6. The van der Waals surface area contributed by atoms with Crippen molar-refractivity contribution in [3.05, 3.63) is 53.6 Å². The third-order valence-corrected chi connectivity index (χ3v) is 6.24. The molecule has 9 heteroatoms. The molecule has 0 aromatic heterocycles. The second-order valence-corrected chi connectivity index (χ2v) is 8.34. The highest BCUT2D eigenvalue weighted by Gasteiger charge is 2.39. The zero-order valence-corrected chi connectivity index (χ0v) is 19.4. The molecule has 3 atom stereocenters. The monoisotopic (exact) mass is 468 g/mol. The standard InChI is InChI=1S/C25H28N2O7/c1-27-20-10-9-18(13-23(28)32-3)34-22(20)14-33-21-11-6-16(12-19(21)25(27)30)26-24(29)15-4-7-17(31-2)8-5-15/h4-8,11-12,18,20,22H,9-10,13-14H2,1-3H3,(H,26,29)/t18-,20-,22+/m0/s1. The molecule has 1 saturated heterocycles. The quantitative estimate of drug-likeness (QED) is 0.673. The van der Waals surface area contributed by atoms with Gasteiger partial charge in [-0.2, -0.15) is 0 Å². The number of nitrogens with zero attached hydrogens (tertiary/aromatic N) is 1. The lowest BCUT2D eigenvalue weighted by atomic mass is 9.94. The number of rotatable bonds is 5. The maximum Gasteiger partial charge on any atom is 0.308 e. The van der Waals surface area contributed by atoms with Gasteiger partial charge in [-0.05, 0) is 55.3 Å². The Bertz CT molecular complexity index is 1070. The molecule has 2 aromatic rings. The lowest BCUT2D eigenvalue weighted by molar-refractivity contribution is -0.151. The molecule has 0 radical (unpaired) electrons. The van der Waals surface area contributed by atoms with Crippen LogP contribution in [-0.4, -0.2) is 68.8 Å². The first-order valence-corrected chi connectivity index (χ1v) is 11.1. The van der Waals surface area contributed by atoms with Crippen LogP contribution >= 0.6 is 0 Å². The van der Waals surface area contributed by atoms with Crippen LogP contribution in [0.15, 0.2) is 42.5 Å². The van der Waals surface area contributed by atoms with E-state index in [4.69, 9.17) is 18.9 Å². The van der Waals surface area contributed by atoms with Gasteiger partial charge in [0.2, 0.25) is 0 Å². The van der Waals surface area contributed by atoms with E-state index in [1.165, 1.54) is 7.11 Å². The summed E-state index contributed by atoms with van der Waals surface area (Å²) in [7, 11) is 4.65. The highest BCUT2D eigenvalue weighted by atomic mass is 16.6. The summed E-state index contributed by atoms with van der Waals surface area (Å²) in [6.07, 6.45) is 0.862. The number of fused-ring (bicyclic) bond motifs is 2. The molecule has 34 heavy (non-hydrogen) atoms. The molecule has 1 N–H and O–H groups in total. The molecule has 2 aliphatic rings. The fourth-order valence-electron chi connectivity index (χ4n) is 4.32. The van der Waals surface area contributed by atoms with Crippen molar-refractivity contribution in [1.82, 2.24) is 4.90 Å². The molecule has 2 aliphatic heterocycles. The second kappa shape index (κ2) is 10.1. The Hall–Kier alpha value is -3.59. The number of nitrogens with one attached hydrogen (secondary N) is 1. The number of esters is 1. The number of benzene rings is 2. The van der Waals surface area contributed by atoms with Gasteiger partial charge >= 0.3 is 5.97 Å². The molecule has 0 spiro atoms. The van der Waals surface area contributed by atoms with E-state index in [0.29, 0.717) is 41.2 Å². The van der Waals surface area contributed by atoms with Gasteiger partial charge in [0.25, 0.3) is 11.8 Å². The van der Waals surface area contributed by atoms with E-state index >= 15 is 0 Å². The summed E-state index contributed by atoms with van der Waals surface area (Å²) in [5.74, 6) is 0.225. The van der Waals surface area contributed by atoms with E-state index in [1.54, 1.807) is 61.5 Å². The van der Waals surface area contributed by atoms with Crippen molar-refractivity contribution in [1.29, 1.82) is 0 Å². The fraction of sp³-hybridized carbons (Fsp3) is 0.400. The van der Waals surface area contributed by atoms with Crippen LogP contribution in [0.4, 0.5) is 5.69 Å². The van der Waals surface area contributed by atoms with E-state index in [2.05, 4.69) is 5.32 Å². The summed E-state index contributed by atoms with van der Waals surface area (Å²) < 4.78 is 21.9.